The molecule has 2 aromatic heterocycles. The first-order valence-corrected chi connectivity index (χ1v) is 10.3. The van der Waals surface area contributed by atoms with E-state index >= 15 is 0 Å². The van der Waals surface area contributed by atoms with Gasteiger partial charge in [-0.2, -0.15) is 10.2 Å². The topological polar surface area (TPSA) is 119 Å². The molecule has 0 radical (unpaired) electrons. The molecule has 0 bridgehead atoms. The van der Waals surface area contributed by atoms with Gasteiger partial charge in [0, 0.05) is 21.2 Å². The Bertz CT molecular complexity index is 1220. The SMILES string of the molecule is Nn1c(-c2ccc(Cl)cc2Cl)n[nH]c1=S.Nn1c(-c2ccc(Cl)cc2Cl)n[nH]c1=S. The average Bonchev–Trinajstić information content (AvgIpc) is 3.19. The summed E-state index contributed by atoms with van der Waals surface area (Å²) in [5.74, 6) is 12.3. The number of benzene rings is 2. The zero-order valence-corrected chi connectivity index (χ0v) is 19.4. The number of H-pyrrole nitrogens is 2. The van der Waals surface area contributed by atoms with Crippen LogP contribution in [-0.4, -0.2) is 29.7 Å². The maximum Gasteiger partial charge on any atom is 0.214 e. The van der Waals surface area contributed by atoms with Gasteiger partial charge < -0.3 is 11.7 Å². The molecule has 0 aliphatic carbocycles. The van der Waals surface area contributed by atoms with Gasteiger partial charge >= 0.3 is 0 Å². The van der Waals surface area contributed by atoms with E-state index in [0.29, 0.717) is 52.4 Å². The summed E-state index contributed by atoms with van der Waals surface area (Å²) in [5, 5.41) is 15.2. The van der Waals surface area contributed by atoms with Gasteiger partial charge in [0.05, 0.1) is 10.0 Å². The van der Waals surface area contributed by atoms with E-state index in [1.165, 1.54) is 9.35 Å². The molecular weight excluding hydrogens is 510 g/mol. The van der Waals surface area contributed by atoms with Gasteiger partial charge in [-0.15, -0.1) is 0 Å². The molecule has 2 heterocycles. The van der Waals surface area contributed by atoms with Crippen LogP contribution in [0.1, 0.15) is 0 Å². The Balaban J connectivity index is 0.000000171. The third kappa shape index (κ3) is 4.80. The lowest BCUT2D eigenvalue weighted by Crippen LogP contribution is -2.10. The molecule has 2 aromatic carbocycles. The highest BCUT2D eigenvalue weighted by atomic mass is 35.5. The van der Waals surface area contributed by atoms with E-state index in [2.05, 4.69) is 20.4 Å². The fourth-order valence-electron chi connectivity index (χ4n) is 2.33. The Morgan fingerprint density at radius 2 is 1.07 bits per heavy atom. The predicted molar refractivity (Wildman–Crippen MR) is 126 cm³/mol. The second-order valence-corrected chi connectivity index (χ2v) is 8.15. The first-order valence-electron chi connectivity index (χ1n) is 7.95. The Morgan fingerprint density at radius 3 is 1.33 bits per heavy atom. The van der Waals surface area contributed by atoms with Gasteiger partial charge in [0.15, 0.2) is 11.6 Å². The van der Waals surface area contributed by atoms with Crippen LogP contribution in [-0.2, 0) is 0 Å². The fourth-order valence-corrected chi connectivity index (χ4v) is 3.58. The van der Waals surface area contributed by atoms with Gasteiger partial charge in [0.1, 0.15) is 0 Å². The second-order valence-electron chi connectivity index (χ2n) is 5.69. The van der Waals surface area contributed by atoms with E-state index in [1.807, 2.05) is 0 Å². The maximum absolute atomic E-state index is 6.00. The van der Waals surface area contributed by atoms with Gasteiger partial charge in [-0.05, 0) is 60.8 Å². The third-order valence-corrected chi connectivity index (χ3v) is 5.42. The van der Waals surface area contributed by atoms with Crippen molar-refractivity contribution in [1.82, 2.24) is 29.7 Å². The predicted octanol–water partition coefficient (Wildman–Crippen LogP) is 5.26. The van der Waals surface area contributed by atoms with Crippen molar-refractivity contribution in [3.63, 3.8) is 0 Å². The average molecular weight is 522 g/mol. The molecule has 0 spiro atoms. The molecule has 0 atom stereocenters. The zero-order valence-electron chi connectivity index (χ0n) is 14.7. The number of nitrogens with zero attached hydrogens (tertiary/aromatic N) is 4. The first kappa shape index (κ1) is 22.6. The largest absolute Gasteiger partial charge is 0.335 e. The molecule has 0 saturated heterocycles. The molecular formula is C16H12Cl4N8S2. The summed E-state index contributed by atoms with van der Waals surface area (Å²) >= 11 is 33.4. The number of hydrogen-bond acceptors (Lipinski definition) is 6. The van der Waals surface area contributed by atoms with Crippen LogP contribution in [0.2, 0.25) is 20.1 Å². The summed E-state index contributed by atoms with van der Waals surface area (Å²) < 4.78 is 3.17. The van der Waals surface area contributed by atoms with Crippen LogP contribution >= 0.6 is 70.8 Å². The first-order chi connectivity index (χ1) is 14.2. The molecule has 6 N–H and O–H groups in total. The van der Waals surface area contributed by atoms with Crippen molar-refractivity contribution in [3.8, 4) is 22.8 Å². The Kier molecular flexibility index (Phi) is 7.06. The minimum absolute atomic E-state index is 0.330. The number of rotatable bonds is 2. The highest BCUT2D eigenvalue weighted by Gasteiger charge is 2.11. The monoisotopic (exact) mass is 520 g/mol. The lowest BCUT2D eigenvalue weighted by molar-refractivity contribution is 0.984. The molecule has 0 saturated carbocycles. The van der Waals surface area contributed by atoms with Crippen LogP contribution < -0.4 is 11.7 Å². The Labute approximate surface area is 200 Å². The number of nitrogens with two attached hydrogens (primary N) is 2. The third-order valence-electron chi connectivity index (χ3n) is 3.75. The Hall–Kier alpha value is -2.08. The van der Waals surface area contributed by atoms with Crippen molar-refractivity contribution >= 4 is 70.8 Å². The van der Waals surface area contributed by atoms with Crippen LogP contribution in [0.25, 0.3) is 22.8 Å². The highest BCUT2D eigenvalue weighted by molar-refractivity contribution is 7.71. The van der Waals surface area contributed by atoms with Crippen molar-refractivity contribution in [1.29, 1.82) is 0 Å². The number of nitrogens with one attached hydrogen (secondary N) is 2. The molecule has 8 nitrogen and oxygen atoms in total. The van der Waals surface area contributed by atoms with Crippen LogP contribution in [0.5, 0.6) is 0 Å². The molecule has 30 heavy (non-hydrogen) atoms. The van der Waals surface area contributed by atoms with E-state index in [0.717, 1.165) is 0 Å². The number of hydrogen-bond donors (Lipinski definition) is 4. The van der Waals surface area contributed by atoms with Gasteiger partial charge in [0.25, 0.3) is 0 Å². The van der Waals surface area contributed by atoms with Gasteiger partial charge in [0.2, 0.25) is 9.54 Å². The quantitative estimate of drug-likeness (QED) is 0.211. The Morgan fingerprint density at radius 1 is 0.700 bits per heavy atom. The summed E-state index contributed by atoms with van der Waals surface area (Å²) in [6.45, 7) is 0. The summed E-state index contributed by atoms with van der Waals surface area (Å²) in [4.78, 5) is 0. The van der Waals surface area contributed by atoms with Crippen molar-refractivity contribution < 1.29 is 0 Å². The van der Waals surface area contributed by atoms with Crippen molar-refractivity contribution in [2.45, 2.75) is 0 Å². The molecule has 156 valence electrons. The van der Waals surface area contributed by atoms with Crippen molar-refractivity contribution in [2.75, 3.05) is 11.7 Å². The van der Waals surface area contributed by atoms with E-state index in [4.69, 9.17) is 82.5 Å². The fraction of sp³-hybridized carbons (Fsp3) is 0. The van der Waals surface area contributed by atoms with Gasteiger partial charge in [-0.25, -0.2) is 19.5 Å². The summed E-state index contributed by atoms with van der Waals surface area (Å²) in [6.07, 6.45) is 0. The highest BCUT2D eigenvalue weighted by Crippen LogP contribution is 2.29. The molecule has 0 aliphatic rings. The van der Waals surface area contributed by atoms with E-state index < -0.39 is 0 Å². The lowest BCUT2D eigenvalue weighted by Gasteiger charge is -2.03. The molecule has 4 aromatic rings. The van der Waals surface area contributed by atoms with Crippen LogP contribution in [0.3, 0.4) is 0 Å². The molecule has 0 aliphatic heterocycles. The maximum atomic E-state index is 6.00. The molecule has 0 amide bonds. The molecule has 0 unspecified atom stereocenters. The molecule has 0 fully saturated rings. The van der Waals surface area contributed by atoms with Crippen molar-refractivity contribution in [3.05, 3.63) is 66.0 Å². The minimum atomic E-state index is 0.330. The number of aromatic nitrogens is 6. The summed E-state index contributed by atoms with van der Waals surface area (Å²) in [5.41, 5.74) is 1.35. The molecule has 14 heteroatoms. The minimum Gasteiger partial charge on any atom is -0.335 e. The van der Waals surface area contributed by atoms with E-state index in [-0.39, 0.29) is 0 Å². The summed E-state index contributed by atoms with van der Waals surface area (Å²) in [7, 11) is 0. The van der Waals surface area contributed by atoms with Crippen LogP contribution in [0, 0.1) is 9.54 Å². The smallest absolute Gasteiger partial charge is 0.214 e. The van der Waals surface area contributed by atoms with E-state index in [9.17, 15) is 0 Å². The lowest BCUT2D eigenvalue weighted by atomic mass is 10.2. The van der Waals surface area contributed by atoms with Crippen molar-refractivity contribution in [2.24, 2.45) is 0 Å². The normalized spacial score (nSPS) is 10.5. The van der Waals surface area contributed by atoms with E-state index in [1.54, 1.807) is 36.4 Å². The van der Waals surface area contributed by atoms with Crippen LogP contribution in [0.4, 0.5) is 0 Å². The molecule has 4 rings (SSSR count). The van der Waals surface area contributed by atoms with Gasteiger partial charge in [-0.1, -0.05) is 46.4 Å². The standard InChI is InChI=1S/2C8H6Cl2N4S/c2*9-4-1-2-5(6(10)3-4)7-12-13-8(15)14(7)11/h2*1-3H,11H2,(H,13,15). The van der Waals surface area contributed by atoms with Crippen LogP contribution in [0.15, 0.2) is 36.4 Å². The van der Waals surface area contributed by atoms with Gasteiger partial charge in [-0.3, -0.25) is 0 Å². The summed E-state index contributed by atoms with van der Waals surface area (Å²) in [6, 6.07) is 10.1. The second kappa shape index (κ2) is 9.38. The zero-order chi connectivity index (χ0) is 22.0. The number of halogens is 4. The number of aromatic amines is 2. The number of nitrogen functional groups attached to an aromatic ring is 2.